The van der Waals surface area contributed by atoms with Crippen LogP contribution in [0.5, 0.6) is 11.5 Å². The molecule has 4 rings (SSSR count). The molecule has 3 aromatic rings. The Balaban J connectivity index is 1.34. The molecule has 132 valence electrons. The molecule has 2 amide bonds. The van der Waals surface area contributed by atoms with Crippen molar-refractivity contribution in [2.24, 2.45) is 0 Å². The van der Waals surface area contributed by atoms with Gasteiger partial charge in [0.05, 0.1) is 5.75 Å². The van der Waals surface area contributed by atoms with Gasteiger partial charge in [-0.25, -0.2) is 9.97 Å². The van der Waals surface area contributed by atoms with Gasteiger partial charge in [-0.1, -0.05) is 23.9 Å². The maximum absolute atomic E-state index is 12.2. The Morgan fingerprint density at radius 1 is 1.23 bits per heavy atom. The molecule has 1 atom stereocenters. The van der Waals surface area contributed by atoms with E-state index in [1.54, 1.807) is 18.2 Å². The zero-order valence-corrected chi connectivity index (χ0v) is 15.0. The van der Waals surface area contributed by atoms with E-state index in [-0.39, 0.29) is 12.4 Å². The van der Waals surface area contributed by atoms with Gasteiger partial charge in [0.15, 0.2) is 11.5 Å². The van der Waals surface area contributed by atoms with Gasteiger partial charge in [-0.3, -0.25) is 14.9 Å². The minimum Gasteiger partial charge on any atom is -0.485 e. The number of thioether (sulfide) groups is 1. The predicted octanol–water partition coefficient (Wildman–Crippen LogP) is 2.27. The molecule has 0 unspecified atom stereocenters. The normalized spacial score (nSPS) is 15.6. The second kappa shape index (κ2) is 7.30. The van der Waals surface area contributed by atoms with Gasteiger partial charge < -0.3 is 9.47 Å². The number of aromatic nitrogens is 2. The quantitative estimate of drug-likeness (QED) is 0.542. The molecule has 0 aliphatic carbocycles. The standard InChI is InChI=1S/C17H13N3O4S2/c21-14(8-26-17-10-5-6-25-16(10)18-9-19-17)20-15(22)13-7-23-11-3-1-2-4-12(11)24-13/h1-6,9,13H,7-8H2,(H,20,21,22)/t13-/m1/s1. The number of thiophene rings is 1. The fourth-order valence-corrected chi connectivity index (χ4v) is 4.00. The maximum atomic E-state index is 12.2. The molecule has 9 heteroatoms. The van der Waals surface area contributed by atoms with E-state index in [1.807, 2.05) is 17.5 Å². The average molecular weight is 387 g/mol. The Morgan fingerprint density at radius 3 is 2.96 bits per heavy atom. The molecular formula is C17H13N3O4S2. The molecule has 1 aromatic carbocycles. The van der Waals surface area contributed by atoms with Crippen molar-refractivity contribution < 1.29 is 19.1 Å². The SMILES string of the molecule is O=C(CSc1ncnc2sccc12)NC(=O)[C@H]1COc2ccccc2O1. The summed E-state index contributed by atoms with van der Waals surface area (Å²) in [7, 11) is 0. The van der Waals surface area contributed by atoms with Crippen molar-refractivity contribution in [3.8, 4) is 11.5 Å². The highest BCUT2D eigenvalue weighted by Gasteiger charge is 2.28. The van der Waals surface area contributed by atoms with Crippen molar-refractivity contribution in [1.82, 2.24) is 15.3 Å². The summed E-state index contributed by atoms with van der Waals surface area (Å²) < 4.78 is 11.1. The van der Waals surface area contributed by atoms with Crippen molar-refractivity contribution >= 4 is 45.1 Å². The highest BCUT2D eigenvalue weighted by Crippen LogP contribution is 2.31. The molecule has 1 N–H and O–H groups in total. The second-order valence-corrected chi connectivity index (χ2v) is 7.24. The first-order valence-corrected chi connectivity index (χ1v) is 9.60. The van der Waals surface area contributed by atoms with Crippen LogP contribution in [-0.2, 0) is 9.59 Å². The Kier molecular flexibility index (Phi) is 4.72. The van der Waals surface area contributed by atoms with Crippen LogP contribution in [0.25, 0.3) is 10.2 Å². The Bertz CT molecular complexity index is 975. The Morgan fingerprint density at radius 2 is 2.08 bits per heavy atom. The van der Waals surface area contributed by atoms with Gasteiger partial charge in [-0.2, -0.15) is 0 Å². The molecule has 0 saturated carbocycles. The summed E-state index contributed by atoms with van der Waals surface area (Å²) in [5, 5.41) is 5.89. The lowest BCUT2D eigenvalue weighted by atomic mass is 10.2. The van der Waals surface area contributed by atoms with Gasteiger partial charge in [-0.15, -0.1) is 11.3 Å². The van der Waals surface area contributed by atoms with Gasteiger partial charge in [0.2, 0.25) is 12.0 Å². The molecule has 1 aliphatic rings. The van der Waals surface area contributed by atoms with Crippen molar-refractivity contribution in [2.45, 2.75) is 11.1 Å². The number of nitrogens with zero attached hydrogens (tertiary/aromatic N) is 2. The first-order valence-electron chi connectivity index (χ1n) is 7.74. The van der Waals surface area contributed by atoms with Crippen molar-refractivity contribution in [2.75, 3.05) is 12.4 Å². The van der Waals surface area contributed by atoms with E-state index in [9.17, 15) is 9.59 Å². The number of carbonyl (C=O) groups excluding carboxylic acids is 2. The lowest BCUT2D eigenvalue weighted by molar-refractivity contribution is -0.135. The molecule has 26 heavy (non-hydrogen) atoms. The van der Waals surface area contributed by atoms with Crippen LogP contribution in [0.15, 0.2) is 47.1 Å². The highest BCUT2D eigenvalue weighted by molar-refractivity contribution is 8.00. The van der Waals surface area contributed by atoms with Crippen LogP contribution in [0, 0.1) is 0 Å². The molecule has 1 aliphatic heterocycles. The molecule has 2 aromatic heterocycles. The molecule has 0 radical (unpaired) electrons. The van der Waals surface area contributed by atoms with Gasteiger partial charge in [0.25, 0.3) is 5.91 Å². The zero-order chi connectivity index (χ0) is 17.9. The third-order valence-corrected chi connectivity index (χ3v) is 5.45. The van der Waals surface area contributed by atoms with Gasteiger partial charge in [0.1, 0.15) is 22.8 Å². The van der Waals surface area contributed by atoms with E-state index >= 15 is 0 Å². The number of nitrogens with one attached hydrogen (secondary N) is 1. The summed E-state index contributed by atoms with van der Waals surface area (Å²) in [6, 6.07) is 9.00. The molecular weight excluding hydrogens is 374 g/mol. The number of ether oxygens (including phenoxy) is 2. The van der Waals surface area contributed by atoms with E-state index in [0.29, 0.717) is 16.5 Å². The maximum Gasteiger partial charge on any atom is 0.271 e. The molecule has 0 saturated heterocycles. The summed E-state index contributed by atoms with van der Waals surface area (Å²) in [6.45, 7) is 0.0602. The lowest BCUT2D eigenvalue weighted by Crippen LogP contribution is -2.46. The summed E-state index contributed by atoms with van der Waals surface area (Å²) in [6.07, 6.45) is 0.607. The van der Waals surface area contributed by atoms with E-state index in [1.165, 1.54) is 29.4 Å². The summed E-state index contributed by atoms with van der Waals surface area (Å²) in [4.78, 5) is 33.6. The third kappa shape index (κ3) is 3.49. The first kappa shape index (κ1) is 16.8. The minimum atomic E-state index is -0.860. The fraction of sp³-hybridized carbons (Fsp3) is 0.176. The van der Waals surface area contributed by atoms with Gasteiger partial charge in [-0.05, 0) is 23.6 Å². The van der Waals surface area contributed by atoms with Crippen LogP contribution < -0.4 is 14.8 Å². The highest BCUT2D eigenvalue weighted by atomic mass is 32.2. The van der Waals surface area contributed by atoms with Crippen LogP contribution in [0.2, 0.25) is 0 Å². The number of fused-ring (bicyclic) bond motifs is 2. The Hall–Kier alpha value is -2.65. The van der Waals surface area contributed by atoms with Crippen LogP contribution in [0.4, 0.5) is 0 Å². The number of hydrogen-bond acceptors (Lipinski definition) is 8. The molecule has 3 heterocycles. The fourth-order valence-electron chi connectivity index (χ4n) is 2.42. The number of para-hydroxylation sites is 2. The number of benzene rings is 1. The van der Waals surface area contributed by atoms with E-state index in [4.69, 9.17) is 9.47 Å². The Labute approximate surface area is 156 Å². The van der Waals surface area contributed by atoms with Crippen LogP contribution in [0.1, 0.15) is 0 Å². The van der Waals surface area contributed by atoms with Crippen LogP contribution in [-0.4, -0.2) is 40.2 Å². The van der Waals surface area contributed by atoms with Crippen LogP contribution >= 0.6 is 23.1 Å². The summed E-state index contributed by atoms with van der Waals surface area (Å²) in [5.74, 6) is 0.208. The average Bonchev–Trinajstić information content (AvgIpc) is 3.15. The molecule has 0 fully saturated rings. The van der Waals surface area contributed by atoms with E-state index < -0.39 is 17.9 Å². The number of imide groups is 1. The molecule has 0 bridgehead atoms. The van der Waals surface area contributed by atoms with Crippen molar-refractivity contribution in [3.05, 3.63) is 42.0 Å². The third-order valence-electron chi connectivity index (χ3n) is 3.63. The number of amides is 2. The largest absolute Gasteiger partial charge is 0.485 e. The topological polar surface area (TPSA) is 90.4 Å². The number of rotatable bonds is 4. The number of carbonyl (C=O) groups is 2. The lowest BCUT2D eigenvalue weighted by Gasteiger charge is -2.25. The smallest absolute Gasteiger partial charge is 0.271 e. The molecule has 0 spiro atoms. The minimum absolute atomic E-state index is 0.0602. The zero-order valence-electron chi connectivity index (χ0n) is 13.4. The van der Waals surface area contributed by atoms with Crippen molar-refractivity contribution in [3.63, 3.8) is 0 Å². The summed E-state index contributed by atoms with van der Waals surface area (Å²) in [5.41, 5.74) is 0. The van der Waals surface area contributed by atoms with Gasteiger partial charge >= 0.3 is 0 Å². The van der Waals surface area contributed by atoms with E-state index in [2.05, 4.69) is 15.3 Å². The van der Waals surface area contributed by atoms with Crippen LogP contribution in [0.3, 0.4) is 0 Å². The monoisotopic (exact) mass is 387 g/mol. The van der Waals surface area contributed by atoms with Crippen molar-refractivity contribution in [1.29, 1.82) is 0 Å². The second-order valence-electron chi connectivity index (χ2n) is 5.38. The van der Waals surface area contributed by atoms with Gasteiger partial charge in [0, 0.05) is 5.39 Å². The van der Waals surface area contributed by atoms with E-state index in [0.717, 1.165) is 10.2 Å². The predicted molar refractivity (Wildman–Crippen MR) is 97.6 cm³/mol. The first-order chi connectivity index (χ1) is 12.7. The number of hydrogen-bond donors (Lipinski definition) is 1. The summed E-state index contributed by atoms with van der Waals surface area (Å²) >= 11 is 2.77. The molecule has 7 nitrogen and oxygen atoms in total.